The average molecular weight is 464 g/mol. The summed E-state index contributed by atoms with van der Waals surface area (Å²) in [5.41, 5.74) is 1.02. The first-order chi connectivity index (χ1) is 16.4. The van der Waals surface area contributed by atoms with Gasteiger partial charge in [0.25, 0.3) is 0 Å². The molecule has 4 aromatic rings. The Hall–Kier alpha value is -4.20. The number of carbonyl (C=O) groups is 2. The van der Waals surface area contributed by atoms with E-state index in [1.54, 1.807) is 19.9 Å². The molecule has 1 aromatic heterocycles. The van der Waals surface area contributed by atoms with Crippen molar-refractivity contribution in [2.75, 3.05) is 27.9 Å². The molecule has 0 fully saturated rings. The number of fused-ring (bicyclic) bond motifs is 3. The van der Waals surface area contributed by atoms with Gasteiger partial charge in [-0.3, -0.25) is 0 Å². The molecular formula is C26H24O8. The molecule has 0 atom stereocenters. The lowest BCUT2D eigenvalue weighted by molar-refractivity contribution is 0.0526. The first-order valence-electron chi connectivity index (χ1n) is 10.6. The van der Waals surface area contributed by atoms with E-state index in [2.05, 4.69) is 0 Å². The van der Waals surface area contributed by atoms with Crippen LogP contribution in [0.4, 0.5) is 0 Å². The molecular weight excluding hydrogens is 440 g/mol. The molecule has 0 saturated carbocycles. The number of rotatable bonds is 7. The van der Waals surface area contributed by atoms with E-state index in [1.165, 1.54) is 33.5 Å². The lowest BCUT2D eigenvalue weighted by Gasteiger charge is -2.14. The third-order valence-electron chi connectivity index (χ3n) is 5.42. The Morgan fingerprint density at radius 1 is 0.824 bits per heavy atom. The zero-order chi connectivity index (χ0) is 24.4. The van der Waals surface area contributed by atoms with Gasteiger partial charge in [-0.2, -0.15) is 0 Å². The van der Waals surface area contributed by atoms with Crippen LogP contribution in [0.3, 0.4) is 0 Å². The number of esters is 2. The molecule has 8 heteroatoms. The van der Waals surface area contributed by atoms with Crippen molar-refractivity contribution in [2.45, 2.75) is 13.8 Å². The van der Waals surface area contributed by atoms with E-state index in [9.17, 15) is 9.59 Å². The van der Waals surface area contributed by atoms with Crippen LogP contribution in [0.1, 0.15) is 33.4 Å². The molecule has 0 aliphatic heterocycles. The van der Waals surface area contributed by atoms with Gasteiger partial charge in [0.15, 0.2) is 11.5 Å². The molecule has 8 nitrogen and oxygen atoms in total. The second-order valence-corrected chi connectivity index (χ2v) is 7.35. The number of methoxy groups -OCH3 is 3. The predicted molar refractivity (Wildman–Crippen MR) is 125 cm³/mol. The van der Waals surface area contributed by atoms with Gasteiger partial charge in [0.2, 0.25) is 5.75 Å². The molecule has 1 heterocycles. The molecule has 34 heavy (non-hydrogen) atoms. The number of furan rings is 1. The Morgan fingerprint density at radius 2 is 1.47 bits per heavy atom. The van der Waals surface area contributed by atoms with Gasteiger partial charge in [-0.25, -0.2) is 9.59 Å². The van der Waals surface area contributed by atoms with Gasteiger partial charge < -0.3 is 28.1 Å². The number of carbonyl (C=O) groups excluding carboxylic acids is 2. The second kappa shape index (κ2) is 9.35. The predicted octanol–water partition coefficient (Wildman–Crippen LogP) is 5.32. The van der Waals surface area contributed by atoms with Crippen LogP contribution in [0.15, 0.2) is 46.9 Å². The van der Waals surface area contributed by atoms with Crippen molar-refractivity contribution in [1.82, 2.24) is 0 Å². The molecule has 3 aromatic carbocycles. The summed E-state index contributed by atoms with van der Waals surface area (Å²) >= 11 is 0. The summed E-state index contributed by atoms with van der Waals surface area (Å²) in [6, 6.07) is 12.0. The van der Waals surface area contributed by atoms with Crippen LogP contribution in [-0.4, -0.2) is 39.9 Å². The van der Waals surface area contributed by atoms with E-state index < -0.39 is 11.9 Å². The summed E-state index contributed by atoms with van der Waals surface area (Å²) in [6.45, 7) is 3.65. The van der Waals surface area contributed by atoms with Crippen molar-refractivity contribution in [3.8, 4) is 23.0 Å². The maximum atomic E-state index is 13.2. The quantitative estimate of drug-likeness (QED) is 0.268. The molecule has 0 radical (unpaired) electrons. The van der Waals surface area contributed by atoms with Gasteiger partial charge in [-0.05, 0) is 32.0 Å². The zero-order valence-corrected chi connectivity index (χ0v) is 19.5. The minimum absolute atomic E-state index is 0.202. The Balaban J connectivity index is 1.85. The Labute approximate surface area is 195 Å². The molecule has 0 bridgehead atoms. The smallest absolute Gasteiger partial charge is 0.343 e. The fourth-order valence-electron chi connectivity index (χ4n) is 3.90. The van der Waals surface area contributed by atoms with Gasteiger partial charge in [-0.15, -0.1) is 0 Å². The van der Waals surface area contributed by atoms with E-state index in [-0.39, 0.29) is 17.9 Å². The van der Waals surface area contributed by atoms with E-state index in [1.807, 2.05) is 24.3 Å². The molecule has 0 N–H and O–H groups in total. The highest BCUT2D eigenvalue weighted by Gasteiger charge is 2.24. The summed E-state index contributed by atoms with van der Waals surface area (Å²) in [5, 5.41) is 1.86. The zero-order valence-electron chi connectivity index (χ0n) is 19.5. The lowest BCUT2D eigenvalue weighted by atomic mass is 10.0. The summed E-state index contributed by atoms with van der Waals surface area (Å²) in [4.78, 5) is 25.8. The maximum Gasteiger partial charge on any atom is 0.343 e. The van der Waals surface area contributed by atoms with Crippen LogP contribution in [0.25, 0.3) is 21.7 Å². The van der Waals surface area contributed by atoms with E-state index in [0.717, 1.165) is 0 Å². The summed E-state index contributed by atoms with van der Waals surface area (Å²) < 4.78 is 32.9. The largest absolute Gasteiger partial charge is 0.493 e. The molecule has 0 aliphatic rings. The van der Waals surface area contributed by atoms with E-state index >= 15 is 0 Å². The Bertz CT molecular complexity index is 1370. The molecule has 0 amide bonds. The Morgan fingerprint density at radius 3 is 2.06 bits per heavy atom. The minimum atomic E-state index is -0.637. The number of aryl methyl sites for hydroxylation is 1. The highest BCUT2D eigenvalue weighted by molar-refractivity contribution is 6.15. The van der Waals surface area contributed by atoms with Crippen molar-refractivity contribution >= 4 is 33.7 Å². The highest BCUT2D eigenvalue weighted by atomic mass is 16.5. The first kappa shape index (κ1) is 23.0. The fourth-order valence-corrected chi connectivity index (χ4v) is 3.90. The first-order valence-corrected chi connectivity index (χ1v) is 10.6. The maximum absolute atomic E-state index is 13.2. The number of benzene rings is 3. The Kier molecular flexibility index (Phi) is 6.32. The van der Waals surface area contributed by atoms with Gasteiger partial charge in [-0.1, -0.05) is 24.3 Å². The number of ether oxygens (including phenoxy) is 5. The highest BCUT2D eigenvalue weighted by Crippen LogP contribution is 2.40. The van der Waals surface area contributed by atoms with E-state index in [4.69, 9.17) is 28.1 Å². The summed E-state index contributed by atoms with van der Waals surface area (Å²) in [7, 11) is 4.41. The normalized spacial score (nSPS) is 10.9. The lowest BCUT2D eigenvalue weighted by Crippen LogP contribution is -2.10. The molecule has 176 valence electrons. The van der Waals surface area contributed by atoms with Crippen LogP contribution in [-0.2, 0) is 4.74 Å². The molecule has 0 saturated heterocycles. The van der Waals surface area contributed by atoms with E-state index in [0.29, 0.717) is 50.3 Å². The molecule has 0 unspecified atom stereocenters. The molecule has 4 rings (SSSR count). The topological polar surface area (TPSA) is 93.4 Å². The van der Waals surface area contributed by atoms with Gasteiger partial charge in [0.1, 0.15) is 22.7 Å². The standard InChI is InChI=1S/C26H24O8/c1-6-32-26(28)22-14(2)33-23-17-10-8-7-9-16(17)19(13-18(22)23)34-25(27)15-11-20(29-3)24(31-5)21(12-15)30-4/h7-13H,6H2,1-5H3. The van der Waals surface area contributed by atoms with Crippen molar-refractivity contribution in [2.24, 2.45) is 0 Å². The van der Waals surface area contributed by atoms with Crippen molar-refractivity contribution in [1.29, 1.82) is 0 Å². The average Bonchev–Trinajstić information content (AvgIpc) is 3.19. The van der Waals surface area contributed by atoms with Crippen LogP contribution in [0.5, 0.6) is 23.0 Å². The molecule has 0 aliphatic carbocycles. The fraction of sp³-hybridized carbons (Fsp3) is 0.231. The van der Waals surface area contributed by atoms with Gasteiger partial charge in [0.05, 0.1) is 33.5 Å². The third-order valence-corrected chi connectivity index (χ3v) is 5.42. The van der Waals surface area contributed by atoms with Crippen LogP contribution in [0, 0.1) is 6.92 Å². The number of hydrogen-bond acceptors (Lipinski definition) is 8. The van der Waals surface area contributed by atoms with Crippen molar-refractivity contribution < 1.29 is 37.7 Å². The van der Waals surface area contributed by atoms with Crippen molar-refractivity contribution in [3.63, 3.8) is 0 Å². The third kappa shape index (κ3) is 3.87. The summed E-state index contributed by atoms with van der Waals surface area (Å²) in [5.74, 6) is 0.562. The van der Waals surface area contributed by atoms with Crippen LogP contribution >= 0.6 is 0 Å². The number of hydrogen-bond donors (Lipinski definition) is 0. The molecule has 0 spiro atoms. The monoisotopic (exact) mass is 464 g/mol. The van der Waals surface area contributed by atoms with Crippen molar-refractivity contribution in [3.05, 3.63) is 59.4 Å². The van der Waals surface area contributed by atoms with Crippen LogP contribution < -0.4 is 18.9 Å². The van der Waals surface area contributed by atoms with Gasteiger partial charge in [0, 0.05) is 16.2 Å². The minimum Gasteiger partial charge on any atom is -0.493 e. The second-order valence-electron chi connectivity index (χ2n) is 7.35. The van der Waals surface area contributed by atoms with Gasteiger partial charge >= 0.3 is 11.9 Å². The van der Waals surface area contributed by atoms with Crippen LogP contribution in [0.2, 0.25) is 0 Å². The summed E-state index contributed by atoms with van der Waals surface area (Å²) in [6.07, 6.45) is 0. The SMILES string of the molecule is CCOC(=O)c1c(C)oc2c1cc(OC(=O)c1cc(OC)c(OC)c(OC)c1)c1ccccc12.